The summed E-state index contributed by atoms with van der Waals surface area (Å²) in [6.45, 7) is 0.283. The van der Waals surface area contributed by atoms with Crippen LogP contribution in [0.15, 0.2) is 47.5 Å². The van der Waals surface area contributed by atoms with E-state index in [0.29, 0.717) is 10.2 Å². The number of aliphatic imine (C=N–C) groups is 1. The van der Waals surface area contributed by atoms with Gasteiger partial charge in [0, 0.05) is 11.2 Å². The molecule has 1 aliphatic heterocycles. The first kappa shape index (κ1) is 14.2. The number of benzene rings is 2. The van der Waals surface area contributed by atoms with Crippen LogP contribution in [-0.4, -0.2) is 18.0 Å². The van der Waals surface area contributed by atoms with E-state index in [2.05, 4.69) is 9.98 Å². The lowest BCUT2D eigenvalue weighted by atomic mass is 10.2. The van der Waals surface area contributed by atoms with Crippen molar-refractivity contribution >= 4 is 50.6 Å². The minimum Gasteiger partial charge on any atom is -0.454 e. The molecule has 6 heteroatoms. The molecule has 23 heavy (non-hydrogen) atoms. The zero-order valence-electron chi connectivity index (χ0n) is 11.9. The fourth-order valence-corrected chi connectivity index (χ4v) is 3.31. The third-order valence-electron chi connectivity index (χ3n) is 3.30. The number of rotatable bonds is 3. The molecule has 4 rings (SSSR count). The molecule has 114 valence electrons. The van der Waals surface area contributed by atoms with Gasteiger partial charge in [0.15, 0.2) is 11.5 Å². The second-order valence-corrected chi connectivity index (χ2v) is 6.30. The van der Waals surface area contributed by atoms with Gasteiger partial charge < -0.3 is 9.47 Å². The normalized spacial score (nSPS) is 13.6. The number of ether oxygens (including phenoxy) is 2. The molecule has 0 aliphatic carbocycles. The highest BCUT2D eigenvalue weighted by Crippen LogP contribution is 2.33. The molecule has 2 aromatic carbocycles. The van der Waals surface area contributed by atoms with Gasteiger partial charge in [0.05, 0.1) is 10.2 Å². The van der Waals surface area contributed by atoms with Crippen LogP contribution in [0.3, 0.4) is 0 Å². The average molecular weight is 343 g/mol. The van der Waals surface area contributed by atoms with Gasteiger partial charge >= 0.3 is 0 Å². The first-order chi connectivity index (χ1) is 11.3. The fraction of sp³-hybridized carbons (Fsp3) is 0.0588. The molecule has 0 spiro atoms. The predicted molar refractivity (Wildman–Crippen MR) is 94.4 cm³/mol. The first-order valence-electron chi connectivity index (χ1n) is 6.94. The van der Waals surface area contributed by atoms with Crippen molar-refractivity contribution < 1.29 is 9.47 Å². The Hall–Kier alpha value is -2.37. The summed E-state index contributed by atoms with van der Waals surface area (Å²) in [7, 11) is 0. The van der Waals surface area contributed by atoms with E-state index in [0.717, 1.165) is 27.3 Å². The van der Waals surface area contributed by atoms with Crippen molar-refractivity contribution in [3.05, 3.63) is 53.1 Å². The Bertz CT molecular complexity index is 933. The largest absolute Gasteiger partial charge is 0.454 e. The summed E-state index contributed by atoms with van der Waals surface area (Å²) in [6.07, 6.45) is 5.55. The molecule has 1 aromatic heterocycles. The quantitative estimate of drug-likeness (QED) is 0.622. The zero-order chi connectivity index (χ0) is 15.6. The van der Waals surface area contributed by atoms with Crippen molar-refractivity contribution in [2.24, 2.45) is 4.99 Å². The van der Waals surface area contributed by atoms with Crippen LogP contribution in [0.4, 0.5) is 5.13 Å². The van der Waals surface area contributed by atoms with Gasteiger partial charge in [-0.25, -0.2) is 9.98 Å². The van der Waals surface area contributed by atoms with Crippen LogP contribution in [0.5, 0.6) is 11.5 Å². The molecular formula is C17H11ClN2O2S. The standard InChI is InChI=1S/C17H11ClN2O2S/c18-12-4-5-13-16(9-12)23-17(20-13)19-7-1-2-11-3-6-14-15(8-11)22-10-21-14/h1-9H,10H2/b2-1+,19-7+. The summed E-state index contributed by atoms with van der Waals surface area (Å²) in [5.74, 6) is 1.55. The van der Waals surface area contributed by atoms with E-state index in [-0.39, 0.29) is 6.79 Å². The Kier molecular flexibility index (Phi) is 3.73. The van der Waals surface area contributed by atoms with Crippen molar-refractivity contribution in [3.8, 4) is 11.5 Å². The van der Waals surface area contributed by atoms with Gasteiger partial charge in [-0.15, -0.1) is 0 Å². The molecule has 0 fully saturated rings. The van der Waals surface area contributed by atoms with Gasteiger partial charge in [0.1, 0.15) is 0 Å². The van der Waals surface area contributed by atoms with E-state index >= 15 is 0 Å². The number of nitrogens with zero attached hydrogens (tertiary/aromatic N) is 2. The Morgan fingerprint density at radius 3 is 3.00 bits per heavy atom. The Morgan fingerprint density at radius 2 is 2.04 bits per heavy atom. The van der Waals surface area contributed by atoms with Crippen LogP contribution in [0.1, 0.15) is 5.56 Å². The Morgan fingerprint density at radius 1 is 1.13 bits per heavy atom. The molecule has 0 amide bonds. The number of hydrogen-bond donors (Lipinski definition) is 0. The van der Waals surface area contributed by atoms with E-state index in [9.17, 15) is 0 Å². The van der Waals surface area contributed by atoms with Crippen LogP contribution in [0.25, 0.3) is 16.3 Å². The highest BCUT2D eigenvalue weighted by molar-refractivity contribution is 7.22. The minimum atomic E-state index is 0.283. The minimum absolute atomic E-state index is 0.283. The van der Waals surface area contributed by atoms with Crippen LogP contribution in [0, 0.1) is 0 Å². The van der Waals surface area contributed by atoms with E-state index in [4.69, 9.17) is 21.1 Å². The molecule has 0 radical (unpaired) electrons. The molecule has 3 aromatic rings. The van der Waals surface area contributed by atoms with Crippen molar-refractivity contribution in [2.45, 2.75) is 0 Å². The van der Waals surface area contributed by atoms with Crippen molar-refractivity contribution in [1.29, 1.82) is 0 Å². The molecule has 1 aliphatic rings. The molecule has 0 bridgehead atoms. The highest BCUT2D eigenvalue weighted by atomic mass is 35.5. The lowest BCUT2D eigenvalue weighted by Gasteiger charge is -1.96. The summed E-state index contributed by atoms with van der Waals surface area (Å²) in [4.78, 5) is 8.79. The van der Waals surface area contributed by atoms with Crippen LogP contribution in [0.2, 0.25) is 5.02 Å². The van der Waals surface area contributed by atoms with Gasteiger partial charge in [0.25, 0.3) is 0 Å². The number of hydrogen-bond acceptors (Lipinski definition) is 5. The molecule has 0 N–H and O–H groups in total. The molecule has 0 unspecified atom stereocenters. The van der Waals surface area contributed by atoms with Crippen LogP contribution < -0.4 is 9.47 Å². The highest BCUT2D eigenvalue weighted by Gasteiger charge is 2.11. The van der Waals surface area contributed by atoms with Gasteiger partial charge in [-0.1, -0.05) is 35.1 Å². The van der Waals surface area contributed by atoms with Gasteiger partial charge in [0.2, 0.25) is 11.9 Å². The average Bonchev–Trinajstić information content (AvgIpc) is 3.16. The van der Waals surface area contributed by atoms with Crippen molar-refractivity contribution in [2.75, 3.05) is 6.79 Å². The first-order valence-corrected chi connectivity index (χ1v) is 8.14. The topological polar surface area (TPSA) is 43.7 Å². The third kappa shape index (κ3) is 3.06. The lowest BCUT2D eigenvalue weighted by molar-refractivity contribution is 0.174. The molecule has 2 heterocycles. The lowest BCUT2D eigenvalue weighted by Crippen LogP contribution is -1.92. The maximum Gasteiger partial charge on any atom is 0.231 e. The smallest absolute Gasteiger partial charge is 0.231 e. The Labute approximate surface area is 141 Å². The van der Waals surface area contributed by atoms with E-state index < -0.39 is 0 Å². The van der Waals surface area contributed by atoms with Crippen LogP contribution in [-0.2, 0) is 0 Å². The number of allylic oxidation sites excluding steroid dienone is 1. The van der Waals surface area contributed by atoms with Gasteiger partial charge in [-0.3, -0.25) is 0 Å². The molecule has 0 saturated carbocycles. The van der Waals surface area contributed by atoms with Crippen molar-refractivity contribution in [3.63, 3.8) is 0 Å². The van der Waals surface area contributed by atoms with Gasteiger partial charge in [-0.05, 0) is 42.0 Å². The summed E-state index contributed by atoms with van der Waals surface area (Å²) in [6, 6.07) is 11.4. The SMILES string of the molecule is Clc1ccc2nc(/N=C/C=C/c3ccc4c(c3)OCO4)sc2c1. The molecule has 0 atom stereocenters. The summed E-state index contributed by atoms with van der Waals surface area (Å²) < 4.78 is 11.7. The number of fused-ring (bicyclic) bond motifs is 2. The fourth-order valence-electron chi connectivity index (χ4n) is 2.22. The van der Waals surface area contributed by atoms with E-state index in [1.54, 1.807) is 6.21 Å². The van der Waals surface area contributed by atoms with E-state index in [1.807, 2.05) is 48.6 Å². The third-order valence-corrected chi connectivity index (χ3v) is 4.46. The summed E-state index contributed by atoms with van der Waals surface area (Å²) in [5.41, 5.74) is 1.93. The van der Waals surface area contributed by atoms with Gasteiger partial charge in [-0.2, -0.15) is 0 Å². The maximum absolute atomic E-state index is 5.97. The number of aromatic nitrogens is 1. The zero-order valence-corrected chi connectivity index (χ0v) is 13.5. The Balaban J connectivity index is 1.49. The van der Waals surface area contributed by atoms with Crippen molar-refractivity contribution in [1.82, 2.24) is 4.98 Å². The summed E-state index contributed by atoms with van der Waals surface area (Å²) in [5, 5.41) is 1.41. The van der Waals surface area contributed by atoms with E-state index in [1.165, 1.54) is 11.3 Å². The second-order valence-electron chi connectivity index (χ2n) is 4.86. The van der Waals surface area contributed by atoms with Crippen LogP contribution >= 0.6 is 22.9 Å². The predicted octanol–water partition coefficient (Wildman–Crippen LogP) is 5.09. The molecular weight excluding hydrogens is 332 g/mol. The maximum atomic E-state index is 5.97. The molecule has 4 nitrogen and oxygen atoms in total. The monoisotopic (exact) mass is 342 g/mol. The number of halogens is 1. The molecule has 0 saturated heterocycles. The number of thiazole rings is 1. The summed E-state index contributed by atoms with van der Waals surface area (Å²) >= 11 is 7.48. The second kappa shape index (κ2) is 6.02.